The van der Waals surface area contributed by atoms with Crippen molar-refractivity contribution in [2.24, 2.45) is 5.41 Å². The molecular weight excluding hydrogens is 204 g/mol. The number of hydrogen-bond acceptors (Lipinski definition) is 4. The number of rotatable bonds is 8. The molecule has 0 amide bonds. The Kier molecular flexibility index (Phi) is 7.57. The van der Waals surface area contributed by atoms with Crippen LogP contribution in [0.3, 0.4) is 0 Å². The molecule has 0 aliphatic rings. The molecule has 1 N–H and O–H groups in total. The summed E-state index contributed by atoms with van der Waals surface area (Å²) in [6.07, 6.45) is 2.74. The van der Waals surface area contributed by atoms with Crippen LogP contribution in [0.5, 0.6) is 0 Å². The van der Waals surface area contributed by atoms with Gasteiger partial charge < -0.3 is 10.1 Å². The molecule has 0 atom stereocenters. The van der Waals surface area contributed by atoms with Crippen molar-refractivity contribution < 1.29 is 9.53 Å². The predicted molar refractivity (Wildman–Crippen MR) is 62.7 cm³/mol. The lowest BCUT2D eigenvalue weighted by Gasteiger charge is -2.23. The molecule has 0 unspecified atom stereocenters. The molecule has 0 aromatic rings. The standard InChI is InChI=1S/C12H22N2O2/c1-12(2,7-5-8-13)10-14-9-4-6-11(15)16-3/h14H,4-7,9-10H2,1-3H3. The van der Waals surface area contributed by atoms with E-state index in [0.29, 0.717) is 12.8 Å². The Bertz CT molecular complexity index is 244. The first kappa shape index (κ1) is 14.9. The Hall–Kier alpha value is -1.08. The topological polar surface area (TPSA) is 62.1 Å². The van der Waals surface area contributed by atoms with Crippen LogP contribution in [0.4, 0.5) is 0 Å². The molecule has 0 heterocycles. The number of carbonyl (C=O) groups is 1. The van der Waals surface area contributed by atoms with Crippen LogP contribution in [0.1, 0.15) is 39.5 Å². The minimum Gasteiger partial charge on any atom is -0.469 e. The summed E-state index contributed by atoms with van der Waals surface area (Å²) in [6, 6.07) is 2.16. The van der Waals surface area contributed by atoms with Gasteiger partial charge in [-0.2, -0.15) is 5.26 Å². The molecule has 0 aromatic heterocycles. The van der Waals surface area contributed by atoms with Crippen molar-refractivity contribution in [1.82, 2.24) is 5.32 Å². The third-order valence-corrected chi connectivity index (χ3v) is 2.48. The SMILES string of the molecule is COC(=O)CCCNCC(C)(C)CCC#N. The van der Waals surface area contributed by atoms with Crippen molar-refractivity contribution in [3.63, 3.8) is 0 Å². The number of ether oxygens (including phenoxy) is 1. The summed E-state index contributed by atoms with van der Waals surface area (Å²) in [5.74, 6) is -0.162. The zero-order valence-corrected chi connectivity index (χ0v) is 10.5. The van der Waals surface area contributed by atoms with Gasteiger partial charge in [0, 0.05) is 19.4 Å². The summed E-state index contributed by atoms with van der Waals surface area (Å²) < 4.78 is 4.55. The smallest absolute Gasteiger partial charge is 0.305 e. The van der Waals surface area contributed by atoms with E-state index in [0.717, 1.165) is 25.9 Å². The first-order valence-electron chi connectivity index (χ1n) is 5.66. The van der Waals surface area contributed by atoms with Crippen LogP contribution in [0.15, 0.2) is 0 Å². The molecule has 0 saturated carbocycles. The van der Waals surface area contributed by atoms with Gasteiger partial charge in [-0.3, -0.25) is 4.79 Å². The first-order valence-corrected chi connectivity index (χ1v) is 5.66. The second-order valence-corrected chi connectivity index (χ2v) is 4.68. The summed E-state index contributed by atoms with van der Waals surface area (Å²) >= 11 is 0. The van der Waals surface area contributed by atoms with Gasteiger partial charge in [0.1, 0.15) is 0 Å². The number of methoxy groups -OCH3 is 1. The largest absolute Gasteiger partial charge is 0.469 e. The minimum absolute atomic E-state index is 0.140. The van der Waals surface area contributed by atoms with Gasteiger partial charge >= 0.3 is 5.97 Å². The van der Waals surface area contributed by atoms with Crippen LogP contribution < -0.4 is 5.32 Å². The van der Waals surface area contributed by atoms with Crippen LogP contribution in [0.2, 0.25) is 0 Å². The highest BCUT2D eigenvalue weighted by Crippen LogP contribution is 2.20. The summed E-state index contributed by atoms with van der Waals surface area (Å²) in [4.78, 5) is 10.8. The monoisotopic (exact) mass is 226 g/mol. The van der Waals surface area contributed by atoms with E-state index in [1.165, 1.54) is 7.11 Å². The summed E-state index contributed by atoms with van der Waals surface area (Å²) in [7, 11) is 1.40. The van der Waals surface area contributed by atoms with E-state index in [1.807, 2.05) is 0 Å². The van der Waals surface area contributed by atoms with Crippen LogP contribution >= 0.6 is 0 Å². The average Bonchev–Trinajstić information content (AvgIpc) is 2.25. The molecular formula is C12H22N2O2. The Balaban J connectivity index is 3.50. The van der Waals surface area contributed by atoms with Crippen molar-refractivity contribution in [3.05, 3.63) is 0 Å². The van der Waals surface area contributed by atoms with E-state index in [1.54, 1.807) is 0 Å². The lowest BCUT2D eigenvalue weighted by molar-refractivity contribution is -0.140. The van der Waals surface area contributed by atoms with E-state index in [-0.39, 0.29) is 11.4 Å². The lowest BCUT2D eigenvalue weighted by atomic mass is 9.88. The van der Waals surface area contributed by atoms with E-state index in [4.69, 9.17) is 5.26 Å². The van der Waals surface area contributed by atoms with Crippen molar-refractivity contribution in [3.8, 4) is 6.07 Å². The number of nitrogens with one attached hydrogen (secondary N) is 1. The number of hydrogen-bond donors (Lipinski definition) is 1. The van der Waals surface area contributed by atoms with Crippen molar-refractivity contribution in [2.75, 3.05) is 20.2 Å². The van der Waals surface area contributed by atoms with Crippen molar-refractivity contribution in [2.45, 2.75) is 39.5 Å². The summed E-state index contributed by atoms with van der Waals surface area (Å²) in [5.41, 5.74) is 0.140. The molecule has 4 heteroatoms. The number of nitriles is 1. The molecule has 0 bridgehead atoms. The van der Waals surface area contributed by atoms with E-state index >= 15 is 0 Å². The lowest BCUT2D eigenvalue weighted by Crippen LogP contribution is -2.30. The molecule has 0 spiro atoms. The van der Waals surface area contributed by atoms with Gasteiger partial charge in [-0.25, -0.2) is 0 Å². The maximum Gasteiger partial charge on any atom is 0.305 e. The fourth-order valence-electron chi connectivity index (χ4n) is 1.37. The zero-order valence-electron chi connectivity index (χ0n) is 10.5. The van der Waals surface area contributed by atoms with Crippen LogP contribution in [-0.4, -0.2) is 26.2 Å². The van der Waals surface area contributed by atoms with Crippen LogP contribution in [0.25, 0.3) is 0 Å². The number of carbonyl (C=O) groups excluding carboxylic acids is 1. The van der Waals surface area contributed by atoms with Crippen LogP contribution in [-0.2, 0) is 9.53 Å². The molecule has 16 heavy (non-hydrogen) atoms. The van der Waals surface area contributed by atoms with Crippen LogP contribution in [0, 0.1) is 16.7 Å². The van der Waals surface area contributed by atoms with Gasteiger partial charge in [-0.15, -0.1) is 0 Å². The molecule has 0 rings (SSSR count). The molecule has 0 saturated heterocycles. The van der Waals surface area contributed by atoms with Crippen molar-refractivity contribution in [1.29, 1.82) is 5.26 Å². The Morgan fingerprint density at radius 3 is 2.75 bits per heavy atom. The highest BCUT2D eigenvalue weighted by Gasteiger charge is 2.16. The Labute approximate surface area is 98.0 Å². The summed E-state index contributed by atoms with van der Waals surface area (Å²) in [5, 5.41) is 11.8. The van der Waals surface area contributed by atoms with Gasteiger partial charge in [-0.1, -0.05) is 13.8 Å². The van der Waals surface area contributed by atoms with E-state index in [9.17, 15) is 4.79 Å². The fourth-order valence-corrected chi connectivity index (χ4v) is 1.37. The number of esters is 1. The molecule has 4 nitrogen and oxygen atoms in total. The van der Waals surface area contributed by atoms with E-state index < -0.39 is 0 Å². The number of nitrogens with zero attached hydrogens (tertiary/aromatic N) is 1. The zero-order chi connectivity index (χ0) is 12.4. The second-order valence-electron chi connectivity index (χ2n) is 4.68. The highest BCUT2D eigenvalue weighted by atomic mass is 16.5. The molecule has 0 aliphatic heterocycles. The quantitative estimate of drug-likeness (QED) is 0.507. The van der Waals surface area contributed by atoms with Gasteiger partial charge in [0.15, 0.2) is 0 Å². The molecule has 0 aromatic carbocycles. The van der Waals surface area contributed by atoms with E-state index in [2.05, 4.69) is 30.0 Å². The van der Waals surface area contributed by atoms with Crippen molar-refractivity contribution >= 4 is 5.97 Å². The summed E-state index contributed by atoms with van der Waals surface area (Å²) in [6.45, 7) is 5.95. The maximum absolute atomic E-state index is 10.8. The third-order valence-electron chi connectivity index (χ3n) is 2.48. The minimum atomic E-state index is -0.162. The van der Waals surface area contributed by atoms with Gasteiger partial charge in [-0.05, 0) is 24.8 Å². The maximum atomic E-state index is 10.8. The second kappa shape index (κ2) is 8.12. The molecule has 92 valence electrons. The first-order chi connectivity index (χ1) is 7.52. The van der Waals surface area contributed by atoms with Gasteiger partial charge in [0.25, 0.3) is 0 Å². The molecule has 0 fully saturated rings. The fraction of sp³-hybridized carbons (Fsp3) is 0.833. The molecule has 0 aliphatic carbocycles. The Morgan fingerprint density at radius 2 is 2.19 bits per heavy atom. The molecule has 0 radical (unpaired) electrons. The highest BCUT2D eigenvalue weighted by molar-refractivity contribution is 5.69. The normalized spacial score (nSPS) is 10.9. The predicted octanol–water partition coefficient (Wildman–Crippen LogP) is 1.86. The third kappa shape index (κ3) is 8.25. The average molecular weight is 226 g/mol. The Morgan fingerprint density at radius 1 is 1.50 bits per heavy atom. The van der Waals surface area contributed by atoms with Gasteiger partial charge in [0.2, 0.25) is 0 Å². The van der Waals surface area contributed by atoms with Gasteiger partial charge in [0.05, 0.1) is 13.2 Å².